The van der Waals surface area contributed by atoms with Gasteiger partial charge in [0.2, 0.25) is 0 Å². The monoisotopic (exact) mass is 289 g/mol. The van der Waals surface area contributed by atoms with Crippen molar-refractivity contribution in [2.24, 2.45) is 0 Å². The van der Waals surface area contributed by atoms with E-state index in [1.54, 1.807) is 17.2 Å². The molecule has 2 heterocycles. The van der Waals surface area contributed by atoms with Crippen molar-refractivity contribution < 1.29 is 4.42 Å². The van der Waals surface area contributed by atoms with Crippen LogP contribution in [0.3, 0.4) is 0 Å². The number of nitrogens with one attached hydrogen (secondary N) is 1. The summed E-state index contributed by atoms with van der Waals surface area (Å²) < 4.78 is 6.66. The van der Waals surface area contributed by atoms with Crippen molar-refractivity contribution in [2.75, 3.05) is 5.32 Å². The largest absolute Gasteiger partial charge is 0.472 e. The summed E-state index contributed by atoms with van der Waals surface area (Å²) in [5.41, 5.74) is 2.70. The highest BCUT2D eigenvalue weighted by Gasteiger charge is 2.10. The minimum atomic E-state index is 0.0790. The highest BCUT2D eigenvalue weighted by molar-refractivity contribution is 6.33. The lowest BCUT2D eigenvalue weighted by Crippen LogP contribution is -2.07. The third-order valence-corrected chi connectivity index (χ3v) is 3.31. The number of nitrogens with zero attached hydrogens (tertiary/aromatic N) is 4. The van der Waals surface area contributed by atoms with Crippen molar-refractivity contribution in [1.82, 2.24) is 20.2 Å². The third kappa shape index (κ3) is 2.50. The molecule has 1 atom stereocenters. The fraction of sp³-hybridized carbons (Fsp3) is 0.154. The Hall–Kier alpha value is -2.34. The van der Waals surface area contributed by atoms with Gasteiger partial charge < -0.3 is 9.73 Å². The average Bonchev–Trinajstić information content (AvgIpc) is 3.14. The fourth-order valence-electron chi connectivity index (χ4n) is 1.88. The average molecular weight is 290 g/mol. The number of aromatic nitrogens is 4. The second-order valence-electron chi connectivity index (χ2n) is 4.34. The van der Waals surface area contributed by atoms with Crippen LogP contribution in [0.1, 0.15) is 18.5 Å². The van der Waals surface area contributed by atoms with Crippen LogP contribution in [0, 0.1) is 0 Å². The van der Waals surface area contributed by atoms with Gasteiger partial charge in [0.15, 0.2) is 0 Å². The molecule has 20 heavy (non-hydrogen) atoms. The van der Waals surface area contributed by atoms with Gasteiger partial charge in [-0.15, -0.1) is 5.10 Å². The molecule has 0 aliphatic carbocycles. The van der Waals surface area contributed by atoms with Crippen LogP contribution >= 0.6 is 11.6 Å². The summed E-state index contributed by atoms with van der Waals surface area (Å²) in [5.74, 6) is 0. The van der Waals surface area contributed by atoms with E-state index < -0.39 is 0 Å². The maximum absolute atomic E-state index is 6.22. The van der Waals surface area contributed by atoms with Gasteiger partial charge >= 0.3 is 0 Å². The van der Waals surface area contributed by atoms with E-state index in [1.807, 2.05) is 31.2 Å². The lowest BCUT2D eigenvalue weighted by Gasteiger charge is -2.15. The zero-order valence-electron chi connectivity index (χ0n) is 10.7. The van der Waals surface area contributed by atoms with Crippen LogP contribution in [0.25, 0.3) is 5.69 Å². The third-order valence-electron chi connectivity index (χ3n) is 2.98. The summed E-state index contributed by atoms with van der Waals surface area (Å²) in [5, 5.41) is 15.1. The lowest BCUT2D eigenvalue weighted by molar-refractivity contribution is 0.562. The van der Waals surface area contributed by atoms with Crippen LogP contribution in [-0.2, 0) is 0 Å². The van der Waals surface area contributed by atoms with Crippen LogP contribution in [-0.4, -0.2) is 20.2 Å². The highest BCUT2D eigenvalue weighted by Crippen LogP contribution is 2.28. The summed E-state index contributed by atoms with van der Waals surface area (Å²) in [7, 11) is 0. The molecule has 7 heteroatoms. The van der Waals surface area contributed by atoms with E-state index in [1.165, 1.54) is 6.33 Å². The number of hydrogen-bond donors (Lipinski definition) is 1. The van der Waals surface area contributed by atoms with Gasteiger partial charge in [-0.1, -0.05) is 11.6 Å². The van der Waals surface area contributed by atoms with E-state index >= 15 is 0 Å². The smallest absolute Gasteiger partial charge is 0.143 e. The molecule has 6 nitrogen and oxygen atoms in total. The first-order valence-electron chi connectivity index (χ1n) is 6.05. The molecule has 0 saturated carbocycles. The lowest BCUT2D eigenvalue weighted by atomic mass is 10.1. The molecule has 3 rings (SSSR count). The first-order valence-corrected chi connectivity index (χ1v) is 6.43. The maximum Gasteiger partial charge on any atom is 0.143 e. The molecule has 2 aromatic heterocycles. The Balaban J connectivity index is 1.87. The molecule has 0 saturated heterocycles. The zero-order valence-corrected chi connectivity index (χ0v) is 11.4. The van der Waals surface area contributed by atoms with Crippen molar-refractivity contribution in [1.29, 1.82) is 0 Å². The molecular weight excluding hydrogens is 278 g/mol. The molecule has 1 N–H and O–H groups in total. The molecule has 0 aliphatic heterocycles. The van der Waals surface area contributed by atoms with E-state index in [0.29, 0.717) is 5.02 Å². The standard InChI is InChI=1S/C13H12ClN5O/c1-9(10-4-5-20-7-10)16-13-6-11(2-3-12(13)14)19-8-15-17-18-19/h2-9,16H,1H3. The van der Waals surface area contributed by atoms with E-state index in [-0.39, 0.29) is 6.04 Å². The predicted octanol–water partition coefficient (Wildman–Crippen LogP) is 3.08. The molecule has 0 amide bonds. The second kappa shape index (κ2) is 5.34. The number of tetrazole rings is 1. The number of rotatable bonds is 4. The predicted molar refractivity (Wildman–Crippen MR) is 74.9 cm³/mol. The number of furan rings is 1. The minimum absolute atomic E-state index is 0.0790. The van der Waals surface area contributed by atoms with Crippen molar-refractivity contribution >= 4 is 17.3 Å². The van der Waals surface area contributed by atoms with Crippen molar-refractivity contribution in [2.45, 2.75) is 13.0 Å². The van der Waals surface area contributed by atoms with Crippen molar-refractivity contribution in [3.8, 4) is 5.69 Å². The fourth-order valence-corrected chi connectivity index (χ4v) is 2.06. The van der Waals surface area contributed by atoms with Gasteiger partial charge in [-0.05, 0) is 41.6 Å². The van der Waals surface area contributed by atoms with Crippen LogP contribution in [0.15, 0.2) is 47.5 Å². The van der Waals surface area contributed by atoms with E-state index in [2.05, 4.69) is 20.8 Å². The topological polar surface area (TPSA) is 68.8 Å². The van der Waals surface area contributed by atoms with Gasteiger partial charge in [0, 0.05) is 5.56 Å². The number of benzene rings is 1. The Morgan fingerprint density at radius 1 is 1.35 bits per heavy atom. The summed E-state index contributed by atoms with van der Waals surface area (Å²) in [6.45, 7) is 2.03. The van der Waals surface area contributed by atoms with Gasteiger partial charge in [0.1, 0.15) is 6.33 Å². The van der Waals surface area contributed by atoms with Crippen LogP contribution in [0.5, 0.6) is 0 Å². The Morgan fingerprint density at radius 2 is 2.25 bits per heavy atom. The molecule has 3 aromatic rings. The van der Waals surface area contributed by atoms with Crippen LogP contribution in [0.2, 0.25) is 5.02 Å². The molecule has 102 valence electrons. The molecule has 0 fully saturated rings. The number of hydrogen-bond acceptors (Lipinski definition) is 5. The van der Waals surface area contributed by atoms with Crippen molar-refractivity contribution in [3.05, 3.63) is 53.7 Å². The van der Waals surface area contributed by atoms with Gasteiger partial charge in [0.05, 0.1) is 35.0 Å². The molecule has 1 unspecified atom stereocenters. The molecule has 0 spiro atoms. The van der Waals surface area contributed by atoms with Crippen LogP contribution in [0.4, 0.5) is 5.69 Å². The van der Waals surface area contributed by atoms with Gasteiger partial charge in [-0.3, -0.25) is 0 Å². The summed E-state index contributed by atoms with van der Waals surface area (Å²) in [6, 6.07) is 7.55. The molecule has 0 aliphatic rings. The second-order valence-corrected chi connectivity index (χ2v) is 4.75. The first-order chi connectivity index (χ1) is 9.74. The molecule has 1 aromatic carbocycles. The zero-order chi connectivity index (χ0) is 13.9. The molecular formula is C13H12ClN5O. The number of anilines is 1. The summed E-state index contributed by atoms with van der Waals surface area (Å²) in [4.78, 5) is 0. The number of halogens is 1. The Labute approximate surface area is 120 Å². The first kappa shape index (κ1) is 12.7. The normalized spacial score (nSPS) is 12.3. The molecule has 0 radical (unpaired) electrons. The highest BCUT2D eigenvalue weighted by atomic mass is 35.5. The Morgan fingerprint density at radius 3 is 2.95 bits per heavy atom. The van der Waals surface area contributed by atoms with Gasteiger partial charge in [-0.2, -0.15) is 0 Å². The Kier molecular flexibility index (Phi) is 3.39. The quantitative estimate of drug-likeness (QED) is 0.799. The summed E-state index contributed by atoms with van der Waals surface area (Å²) in [6.07, 6.45) is 4.88. The summed E-state index contributed by atoms with van der Waals surface area (Å²) >= 11 is 6.22. The van der Waals surface area contributed by atoms with Gasteiger partial charge in [-0.25, -0.2) is 4.68 Å². The Bertz CT molecular complexity index is 681. The van der Waals surface area contributed by atoms with E-state index in [9.17, 15) is 0 Å². The van der Waals surface area contributed by atoms with Crippen molar-refractivity contribution in [3.63, 3.8) is 0 Å². The van der Waals surface area contributed by atoms with E-state index in [0.717, 1.165) is 16.9 Å². The maximum atomic E-state index is 6.22. The SMILES string of the molecule is CC(Nc1cc(-n2cnnn2)ccc1Cl)c1ccoc1. The van der Waals surface area contributed by atoms with E-state index in [4.69, 9.17) is 16.0 Å². The van der Waals surface area contributed by atoms with Gasteiger partial charge in [0.25, 0.3) is 0 Å². The minimum Gasteiger partial charge on any atom is -0.472 e. The molecule has 0 bridgehead atoms. The van der Waals surface area contributed by atoms with Crippen LogP contribution < -0.4 is 5.32 Å².